The lowest BCUT2D eigenvalue weighted by molar-refractivity contribution is -0.113. The molecule has 0 aliphatic carbocycles. The van der Waals surface area contributed by atoms with Crippen LogP contribution in [0.25, 0.3) is 10.7 Å². The highest BCUT2D eigenvalue weighted by Crippen LogP contribution is 2.41. The minimum absolute atomic E-state index is 0.263. The first-order valence-electron chi connectivity index (χ1n) is 9.81. The fourth-order valence-corrected chi connectivity index (χ4v) is 4.76. The van der Waals surface area contributed by atoms with E-state index in [1.807, 2.05) is 66.9 Å². The SMILES string of the molecule is CC1=C(C(=O)Nc2ccccc2)C(c2cccc(Cl)c2Cl)n2nc(-c3cccs3)nc2N1. The molecule has 160 valence electrons. The molecule has 5 rings (SSSR count). The Balaban J connectivity index is 1.65. The van der Waals surface area contributed by atoms with Crippen LogP contribution in [-0.4, -0.2) is 20.7 Å². The Morgan fingerprint density at radius 2 is 1.91 bits per heavy atom. The van der Waals surface area contributed by atoms with Crippen LogP contribution in [0.2, 0.25) is 10.0 Å². The molecule has 1 atom stereocenters. The van der Waals surface area contributed by atoms with Gasteiger partial charge in [0.05, 0.1) is 20.5 Å². The molecule has 0 radical (unpaired) electrons. The zero-order chi connectivity index (χ0) is 22.2. The lowest BCUT2D eigenvalue weighted by Gasteiger charge is -2.29. The zero-order valence-electron chi connectivity index (χ0n) is 16.8. The van der Waals surface area contributed by atoms with Crippen LogP contribution in [-0.2, 0) is 4.79 Å². The molecule has 2 N–H and O–H groups in total. The molecule has 2 aromatic heterocycles. The molecule has 0 bridgehead atoms. The molecular weight excluding hydrogens is 465 g/mol. The van der Waals surface area contributed by atoms with Gasteiger partial charge in [-0.1, -0.05) is 59.6 Å². The summed E-state index contributed by atoms with van der Waals surface area (Å²) < 4.78 is 1.69. The van der Waals surface area contributed by atoms with E-state index in [9.17, 15) is 4.79 Å². The van der Waals surface area contributed by atoms with Crippen molar-refractivity contribution in [2.45, 2.75) is 13.0 Å². The van der Waals surface area contributed by atoms with Crippen molar-refractivity contribution in [3.8, 4) is 10.7 Å². The van der Waals surface area contributed by atoms with E-state index in [0.29, 0.717) is 44.3 Å². The van der Waals surface area contributed by atoms with Gasteiger partial charge in [0.1, 0.15) is 6.04 Å². The Hall–Kier alpha value is -3.13. The molecule has 1 aliphatic heterocycles. The van der Waals surface area contributed by atoms with Crippen LogP contribution in [0.4, 0.5) is 11.6 Å². The molecule has 0 saturated carbocycles. The normalized spacial score (nSPS) is 15.3. The average Bonchev–Trinajstić information content (AvgIpc) is 3.45. The number of aromatic nitrogens is 3. The van der Waals surface area contributed by atoms with E-state index < -0.39 is 6.04 Å². The number of hydrogen-bond acceptors (Lipinski definition) is 5. The molecule has 0 saturated heterocycles. The van der Waals surface area contributed by atoms with Crippen molar-refractivity contribution < 1.29 is 4.79 Å². The Labute approximate surface area is 198 Å². The largest absolute Gasteiger partial charge is 0.328 e. The molecule has 1 aliphatic rings. The Kier molecular flexibility index (Phi) is 5.46. The van der Waals surface area contributed by atoms with Crippen molar-refractivity contribution in [3.63, 3.8) is 0 Å². The molecule has 32 heavy (non-hydrogen) atoms. The standard InChI is InChI=1S/C23H17Cl2N5OS/c1-13-18(22(31)27-14-7-3-2-4-8-14)20(15-9-5-10-16(24)19(15)25)30-23(26-13)28-21(29-30)17-11-6-12-32-17/h2-12,20H,1H3,(H,27,31)(H,26,28,29). The number of rotatable bonds is 4. The number of amides is 1. The number of hydrogen-bond donors (Lipinski definition) is 2. The summed E-state index contributed by atoms with van der Waals surface area (Å²) in [6, 6.07) is 18.0. The Morgan fingerprint density at radius 3 is 2.66 bits per heavy atom. The molecule has 1 amide bonds. The van der Waals surface area contributed by atoms with E-state index in [4.69, 9.17) is 28.3 Å². The monoisotopic (exact) mass is 481 g/mol. The van der Waals surface area contributed by atoms with Crippen LogP contribution < -0.4 is 10.6 Å². The third kappa shape index (κ3) is 3.68. The fourth-order valence-electron chi connectivity index (χ4n) is 3.69. The molecule has 6 nitrogen and oxygen atoms in total. The van der Waals surface area contributed by atoms with Gasteiger partial charge in [0.25, 0.3) is 5.91 Å². The number of benzene rings is 2. The molecule has 9 heteroatoms. The van der Waals surface area contributed by atoms with Crippen LogP contribution in [0.1, 0.15) is 18.5 Å². The highest BCUT2D eigenvalue weighted by Gasteiger charge is 2.36. The van der Waals surface area contributed by atoms with Gasteiger partial charge in [-0.3, -0.25) is 4.79 Å². The maximum absolute atomic E-state index is 13.5. The summed E-state index contributed by atoms with van der Waals surface area (Å²) in [7, 11) is 0. The van der Waals surface area contributed by atoms with Crippen molar-refractivity contribution >= 4 is 52.1 Å². The van der Waals surface area contributed by atoms with Crippen molar-refractivity contribution in [2.75, 3.05) is 10.6 Å². The number of anilines is 2. The van der Waals surface area contributed by atoms with Gasteiger partial charge < -0.3 is 10.6 Å². The van der Waals surface area contributed by atoms with E-state index in [1.165, 1.54) is 0 Å². The predicted molar refractivity (Wildman–Crippen MR) is 129 cm³/mol. The molecule has 4 aromatic rings. The number of nitrogens with one attached hydrogen (secondary N) is 2. The quantitative estimate of drug-likeness (QED) is 0.361. The second kappa shape index (κ2) is 8.43. The van der Waals surface area contributed by atoms with Crippen molar-refractivity contribution in [3.05, 3.63) is 92.9 Å². The van der Waals surface area contributed by atoms with Gasteiger partial charge in [-0.25, -0.2) is 4.68 Å². The lowest BCUT2D eigenvalue weighted by atomic mass is 9.95. The average molecular weight is 482 g/mol. The summed E-state index contributed by atoms with van der Waals surface area (Å²) in [6.07, 6.45) is 0. The second-order valence-electron chi connectivity index (χ2n) is 7.21. The van der Waals surface area contributed by atoms with Crippen LogP contribution >= 0.6 is 34.5 Å². The Bertz CT molecular complexity index is 1330. The summed E-state index contributed by atoms with van der Waals surface area (Å²) in [5, 5.41) is 13.7. The first kappa shape index (κ1) is 20.8. The minimum Gasteiger partial charge on any atom is -0.328 e. The van der Waals surface area contributed by atoms with Crippen LogP contribution in [0.5, 0.6) is 0 Å². The summed E-state index contributed by atoms with van der Waals surface area (Å²) in [5.41, 5.74) is 2.50. The summed E-state index contributed by atoms with van der Waals surface area (Å²) in [5.74, 6) is 0.840. The lowest BCUT2D eigenvalue weighted by Crippen LogP contribution is -2.31. The number of fused-ring (bicyclic) bond motifs is 1. The number of carbonyl (C=O) groups is 1. The topological polar surface area (TPSA) is 71.8 Å². The van der Waals surface area contributed by atoms with Gasteiger partial charge in [0.15, 0.2) is 5.82 Å². The zero-order valence-corrected chi connectivity index (χ0v) is 19.2. The van der Waals surface area contributed by atoms with E-state index in [-0.39, 0.29) is 5.91 Å². The van der Waals surface area contributed by atoms with Gasteiger partial charge >= 0.3 is 0 Å². The second-order valence-corrected chi connectivity index (χ2v) is 8.94. The molecule has 3 heterocycles. The van der Waals surface area contributed by atoms with Gasteiger partial charge in [0.2, 0.25) is 5.95 Å². The van der Waals surface area contributed by atoms with Crippen molar-refractivity contribution in [1.82, 2.24) is 14.8 Å². The van der Waals surface area contributed by atoms with Gasteiger partial charge in [-0.2, -0.15) is 4.98 Å². The third-order valence-corrected chi connectivity index (χ3v) is 6.85. The summed E-state index contributed by atoms with van der Waals surface area (Å²) in [6.45, 7) is 1.84. The highest BCUT2D eigenvalue weighted by atomic mass is 35.5. The van der Waals surface area contributed by atoms with Crippen molar-refractivity contribution in [2.24, 2.45) is 0 Å². The van der Waals surface area contributed by atoms with E-state index >= 15 is 0 Å². The molecule has 0 fully saturated rings. The number of nitrogens with zero attached hydrogens (tertiary/aromatic N) is 3. The van der Waals surface area contributed by atoms with E-state index in [0.717, 1.165) is 4.88 Å². The number of halogens is 2. The van der Waals surface area contributed by atoms with E-state index in [1.54, 1.807) is 22.1 Å². The first-order valence-corrected chi connectivity index (χ1v) is 11.4. The van der Waals surface area contributed by atoms with Gasteiger partial charge in [-0.05, 0) is 36.6 Å². The van der Waals surface area contributed by atoms with Crippen LogP contribution in [0.3, 0.4) is 0 Å². The highest BCUT2D eigenvalue weighted by molar-refractivity contribution is 7.13. The third-order valence-electron chi connectivity index (χ3n) is 5.15. The van der Waals surface area contributed by atoms with Gasteiger partial charge in [0, 0.05) is 16.9 Å². The van der Waals surface area contributed by atoms with E-state index in [2.05, 4.69) is 15.6 Å². The maximum Gasteiger partial charge on any atom is 0.255 e. The smallest absolute Gasteiger partial charge is 0.255 e. The molecule has 2 aromatic carbocycles. The number of para-hydroxylation sites is 1. The van der Waals surface area contributed by atoms with Crippen LogP contribution in [0.15, 0.2) is 77.3 Å². The number of carbonyl (C=O) groups excluding carboxylic acids is 1. The van der Waals surface area contributed by atoms with Gasteiger partial charge in [-0.15, -0.1) is 16.4 Å². The summed E-state index contributed by atoms with van der Waals surface area (Å²) >= 11 is 14.5. The minimum atomic E-state index is -0.609. The molecular formula is C23H17Cl2N5OS. The first-order chi connectivity index (χ1) is 15.5. The molecule has 0 spiro atoms. The maximum atomic E-state index is 13.5. The summed E-state index contributed by atoms with van der Waals surface area (Å²) in [4.78, 5) is 19.0. The fraction of sp³-hybridized carbons (Fsp3) is 0.0870. The predicted octanol–water partition coefficient (Wildman–Crippen LogP) is 6.24. The van der Waals surface area contributed by atoms with Crippen LogP contribution in [0, 0.1) is 0 Å². The number of thiophene rings is 1. The number of allylic oxidation sites excluding steroid dienone is 1. The Morgan fingerprint density at radius 1 is 1.09 bits per heavy atom. The molecule has 1 unspecified atom stereocenters. The van der Waals surface area contributed by atoms with Crippen molar-refractivity contribution in [1.29, 1.82) is 0 Å².